The van der Waals surface area contributed by atoms with Gasteiger partial charge in [0.2, 0.25) is 0 Å². The molecule has 1 N–H and O–H groups in total. The Morgan fingerprint density at radius 2 is 1.59 bits per heavy atom. The predicted molar refractivity (Wildman–Crippen MR) is 72.2 cm³/mol. The van der Waals surface area contributed by atoms with Crippen LogP contribution in [0.5, 0.6) is 0 Å². The maximum absolute atomic E-state index is 3.80. The SMILES string of the molecule is c1ccc2c(c1)CC(NCC1CCCCC1)C2. The minimum atomic E-state index is 0.703. The van der Waals surface area contributed by atoms with E-state index in [-0.39, 0.29) is 0 Å². The molecule has 0 amide bonds. The van der Waals surface area contributed by atoms with Crippen molar-refractivity contribution in [2.75, 3.05) is 6.54 Å². The molecule has 0 aliphatic heterocycles. The zero-order chi connectivity index (χ0) is 11.5. The van der Waals surface area contributed by atoms with Gasteiger partial charge >= 0.3 is 0 Å². The minimum absolute atomic E-state index is 0.703. The molecule has 2 aliphatic rings. The first-order chi connectivity index (χ1) is 8.42. The molecule has 0 unspecified atom stereocenters. The normalized spacial score (nSPS) is 21.6. The summed E-state index contributed by atoms with van der Waals surface area (Å²) in [7, 11) is 0. The van der Waals surface area contributed by atoms with Gasteiger partial charge in [0.05, 0.1) is 0 Å². The van der Waals surface area contributed by atoms with Gasteiger partial charge in [-0.1, -0.05) is 43.5 Å². The van der Waals surface area contributed by atoms with Crippen LogP contribution in [-0.4, -0.2) is 12.6 Å². The average Bonchev–Trinajstić information content (AvgIpc) is 2.80. The smallest absolute Gasteiger partial charge is 0.0148 e. The molecule has 1 aromatic rings. The minimum Gasteiger partial charge on any atom is -0.313 e. The summed E-state index contributed by atoms with van der Waals surface area (Å²) in [5, 5.41) is 3.80. The van der Waals surface area contributed by atoms with Crippen molar-refractivity contribution in [1.29, 1.82) is 0 Å². The third-order valence-corrected chi connectivity index (χ3v) is 4.47. The lowest BCUT2D eigenvalue weighted by Gasteiger charge is -2.23. The fourth-order valence-electron chi connectivity index (χ4n) is 3.43. The first-order valence-corrected chi connectivity index (χ1v) is 7.22. The molecule has 1 fully saturated rings. The van der Waals surface area contributed by atoms with E-state index in [1.165, 1.54) is 51.5 Å². The van der Waals surface area contributed by atoms with E-state index in [9.17, 15) is 0 Å². The van der Waals surface area contributed by atoms with Crippen molar-refractivity contribution >= 4 is 0 Å². The van der Waals surface area contributed by atoms with E-state index in [4.69, 9.17) is 0 Å². The van der Waals surface area contributed by atoms with Gasteiger partial charge in [-0.25, -0.2) is 0 Å². The third kappa shape index (κ3) is 2.71. The molecule has 1 saturated carbocycles. The summed E-state index contributed by atoms with van der Waals surface area (Å²) in [6.45, 7) is 1.25. The molecule has 1 aromatic carbocycles. The second-order valence-corrected chi connectivity index (χ2v) is 5.79. The van der Waals surface area contributed by atoms with Crippen LogP contribution in [0.3, 0.4) is 0 Å². The zero-order valence-electron chi connectivity index (χ0n) is 10.6. The molecule has 1 heteroatoms. The van der Waals surface area contributed by atoms with E-state index in [2.05, 4.69) is 29.6 Å². The fourth-order valence-corrected chi connectivity index (χ4v) is 3.43. The van der Waals surface area contributed by atoms with Gasteiger partial charge in [-0.3, -0.25) is 0 Å². The Kier molecular flexibility index (Phi) is 3.46. The van der Waals surface area contributed by atoms with Crippen molar-refractivity contribution in [1.82, 2.24) is 5.32 Å². The van der Waals surface area contributed by atoms with Crippen molar-refractivity contribution in [3.8, 4) is 0 Å². The van der Waals surface area contributed by atoms with Crippen molar-refractivity contribution in [2.45, 2.75) is 51.0 Å². The van der Waals surface area contributed by atoms with E-state index in [1.807, 2.05) is 0 Å². The number of nitrogens with one attached hydrogen (secondary N) is 1. The lowest BCUT2D eigenvalue weighted by atomic mass is 9.89. The van der Waals surface area contributed by atoms with Crippen LogP contribution in [0.15, 0.2) is 24.3 Å². The Bertz CT molecular complexity index is 341. The average molecular weight is 229 g/mol. The monoisotopic (exact) mass is 229 g/mol. The van der Waals surface area contributed by atoms with Gasteiger partial charge in [0.25, 0.3) is 0 Å². The number of benzene rings is 1. The van der Waals surface area contributed by atoms with Gasteiger partial charge < -0.3 is 5.32 Å². The van der Waals surface area contributed by atoms with Crippen molar-refractivity contribution < 1.29 is 0 Å². The Morgan fingerprint density at radius 1 is 0.941 bits per heavy atom. The van der Waals surface area contributed by atoms with Gasteiger partial charge in [0, 0.05) is 6.04 Å². The quantitative estimate of drug-likeness (QED) is 0.838. The van der Waals surface area contributed by atoms with Crippen molar-refractivity contribution in [3.63, 3.8) is 0 Å². The van der Waals surface area contributed by atoms with Gasteiger partial charge in [0.15, 0.2) is 0 Å². The predicted octanol–water partition coefficient (Wildman–Crippen LogP) is 3.32. The van der Waals surface area contributed by atoms with E-state index in [1.54, 1.807) is 11.1 Å². The van der Waals surface area contributed by atoms with E-state index in [0.717, 1.165) is 5.92 Å². The number of rotatable bonds is 3. The first-order valence-electron chi connectivity index (χ1n) is 7.22. The van der Waals surface area contributed by atoms with Crippen LogP contribution in [0.25, 0.3) is 0 Å². The van der Waals surface area contributed by atoms with Crippen molar-refractivity contribution in [3.05, 3.63) is 35.4 Å². The highest BCUT2D eigenvalue weighted by atomic mass is 14.9. The molecule has 0 spiro atoms. The molecule has 17 heavy (non-hydrogen) atoms. The molecule has 1 nitrogen and oxygen atoms in total. The van der Waals surface area contributed by atoms with Gasteiger partial charge in [-0.2, -0.15) is 0 Å². The summed E-state index contributed by atoms with van der Waals surface area (Å²) < 4.78 is 0. The highest BCUT2D eigenvalue weighted by Gasteiger charge is 2.21. The second kappa shape index (κ2) is 5.22. The van der Waals surface area contributed by atoms with Crippen LogP contribution in [-0.2, 0) is 12.8 Å². The van der Waals surface area contributed by atoms with Gasteiger partial charge in [-0.15, -0.1) is 0 Å². The van der Waals surface area contributed by atoms with Crippen LogP contribution in [0.1, 0.15) is 43.2 Å². The van der Waals surface area contributed by atoms with Crippen LogP contribution in [0.2, 0.25) is 0 Å². The first kappa shape index (κ1) is 11.3. The highest BCUT2D eigenvalue weighted by molar-refractivity contribution is 5.33. The standard InChI is InChI=1S/C16H23N/c1-2-6-13(7-3-1)12-17-16-10-14-8-4-5-9-15(14)11-16/h4-5,8-9,13,16-17H,1-3,6-7,10-12H2. The van der Waals surface area contributed by atoms with E-state index in [0.29, 0.717) is 6.04 Å². The van der Waals surface area contributed by atoms with Crippen LogP contribution >= 0.6 is 0 Å². The number of hydrogen-bond acceptors (Lipinski definition) is 1. The maximum Gasteiger partial charge on any atom is 0.0148 e. The molecular formula is C16H23N. The summed E-state index contributed by atoms with van der Waals surface area (Å²) in [5.41, 5.74) is 3.13. The Hall–Kier alpha value is -0.820. The summed E-state index contributed by atoms with van der Waals surface area (Å²) in [6.07, 6.45) is 9.75. The maximum atomic E-state index is 3.80. The Labute approximate surface area is 105 Å². The number of fused-ring (bicyclic) bond motifs is 1. The van der Waals surface area contributed by atoms with Crippen LogP contribution in [0.4, 0.5) is 0 Å². The third-order valence-electron chi connectivity index (χ3n) is 4.47. The van der Waals surface area contributed by atoms with Gasteiger partial charge in [0.1, 0.15) is 0 Å². The van der Waals surface area contributed by atoms with E-state index >= 15 is 0 Å². The molecule has 0 saturated heterocycles. The number of hydrogen-bond donors (Lipinski definition) is 1. The Morgan fingerprint density at radius 3 is 2.24 bits per heavy atom. The van der Waals surface area contributed by atoms with Crippen molar-refractivity contribution in [2.24, 2.45) is 5.92 Å². The summed E-state index contributed by atoms with van der Waals surface area (Å²) >= 11 is 0. The lowest BCUT2D eigenvalue weighted by Crippen LogP contribution is -2.34. The topological polar surface area (TPSA) is 12.0 Å². The molecule has 0 radical (unpaired) electrons. The molecule has 0 aromatic heterocycles. The molecule has 0 bridgehead atoms. The summed E-state index contributed by atoms with van der Waals surface area (Å²) in [5.74, 6) is 0.951. The van der Waals surface area contributed by atoms with Gasteiger partial charge in [-0.05, 0) is 49.3 Å². The molecule has 92 valence electrons. The lowest BCUT2D eigenvalue weighted by molar-refractivity contribution is 0.328. The molecule has 0 heterocycles. The molecule has 0 atom stereocenters. The second-order valence-electron chi connectivity index (χ2n) is 5.79. The molecule has 3 rings (SSSR count). The van der Waals surface area contributed by atoms with Crippen LogP contribution < -0.4 is 5.32 Å². The molecular weight excluding hydrogens is 206 g/mol. The summed E-state index contributed by atoms with van der Waals surface area (Å²) in [6, 6.07) is 9.62. The fraction of sp³-hybridized carbons (Fsp3) is 0.625. The van der Waals surface area contributed by atoms with E-state index < -0.39 is 0 Å². The van der Waals surface area contributed by atoms with Crippen LogP contribution in [0, 0.1) is 5.92 Å². The molecule has 2 aliphatic carbocycles. The Balaban J connectivity index is 1.48. The highest BCUT2D eigenvalue weighted by Crippen LogP contribution is 2.25. The summed E-state index contributed by atoms with van der Waals surface area (Å²) in [4.78, 5) is 0. The largest absolute Gasteiger partial charge is 0.313 e. The zero-order valence-corrected chi connectivity index (χ0v) is 10.6.